The van der Waals surface area contributed by atoms with Gasteiger partial charge in [-0.25, -0.2) is 4.39 Å². The molecular formula is C18H23FN2O4. The largest absolute Gasteiger partial charge is 0.484 e. The van der Waals surface area contributed by atoms with Crippen LogP contribution >= 0.6 is 0 Å². The van der Waals surface area contributed by atoms with Crippen LogP contribution in [0.4, 0.5) is 4.39 Å². The Labute approximate surface area is 146 Å². The van der Waals surface area contributed by atoms with Crippen molar-refractivity contribution in [3.63, 3.8) is 0 Å². The van der Waals surface area contributed by atoms with Crippen LogP contribution in [0.25, 0.3) is 0 Å². The average Bonchev–Trinajstić information content (AvgIpc) is 3.05. The van der Waals surface area contributed by atoms with E-state index >= 15 is 0 Å². The summed E-state index contributed by atoms with van der Waals surface area (Å²) in [6.45, 7) is 2.80. The van der Waals surface area contributed by atoms with Crippen LogP contribution in [0.1, 0.15) is 19.3 Å². The molecule has 0 aromatic heterocycles. The number of hydrogen-bond donors (Lipinski definition) is 0. The molecule has 2 aliphatic heterocycles. The highest BCUT2D eigenvalue weighted by Crippen LogP contribution is 2.16. The van der Waals surface area contributed by atoms with Crippen LogP contribution < -0.4 is 4.74 Å². The molecule has 2 amide bonds. The molecule has 0 radical (unpaired) electrons. The number of carbonyl (C=O) groups is 2. The van der Waals surface area contributed by atoms with Gasteiger partial charge < -0.3 is 19.3 Å². The van der Waals surface area contributed by atoms with E-state index in [1.165, 1.54) is 24.3 Å². The van der Waals surface area contributed by atoms with Gasteiger partial charge in [-0.2, -0.15) is 0 Å². The van der Waals surface area contributed by atoms with Gasteiger partial charge >= 0.3 is 0 Å². The van der Waals surface area contributed by atoms with Crippen LogP contribution in [0, 0.1) is 5.82 Å². The van der Waals surface area contributed by atoms with Crippen molar-refractivity contribution in [2.45, 2.75) is 25.4 Å². The van der Waals surface area contributed by atoms with Crippen molar-refractivity contribution >= 4 is 11.8 Å². The summed E-state index contributed by atoms with van der Waals surface area (Å²) in [6.07, 6.45) is 2.13. The summed E-state index contributed by atoms with van der Waals surface area (Å²) in [5.74, 6) is 0.0204. The standard InChI is InChI=1S/C18H23FN2O4/c19-14-4-6-15(7-5-14)25-13-17(22)20-8-2-9-21(11-10-20)18(23)16-3-1-12-24-16/h4-7,16H,1-3,8-13H2. The molecule has 0 bridgehead atoms. The molecule has 2 heterocycles. The lowest BCUT2D eigenvalue weighted by molar-refractivity contribution is -0.141. The Morgan fingerprint density at radius 3 is 2.52 bits per heavy atom. The van der Waals surface area contributed by atoms with E-state index in [0.29, 0.717) is 38.5 Å². The summed E-state index contributed by atoms with van der Waals surface area (Å²) in [4.78, 5) is 28.2. The molecule has 2 fully saturated rings. The lowest BCUT2D eigenvalue weighted by atomic mass is 10.2. The first-order chi connectivity index (χ1) is 12.1. The van der Waals surface area contributed by atoms with E-state index < -0.39 is 0 Å². The summed E-state index contributed by atoms with van der Waals surface area (Å²) in [6, 6.07) is 5.57. The molecular weight excluding hydrogens is 327 g/mol. The highest BCUT2D eigenvalue weighted by Gasteiger charge is 2.30. The third kappa shape index (κ3) is 4.69. The van der Waals surface area contributed by atoms with Crippen molar-refractivity contribution in [1.82, 2.24) is 9.80 Å². The van der Waals surface area contributed by atoms with Crippen molar-refractivity contribution in [1.29, 1.82) is 0 Å². The van der Waals surface area contributed by atoms with E-state index in [-0.39, 0.29) is 30.3 Å². The van der Waals surface area contributed by atoms with Gasteiger partial charge in [0.1, 0.15) is 17.7 Å². The number of amides is 2. The normalized spacial score (nSPS) is 21.1. The molecule has 25 heavy (non-hydrogen) atoms. The molecule has 2 saturated heterocycles. The minimum Gasteiger partial charge on any atom is -0.484 e. The molecule has 0 N–H and O–H groups in total. The molecule has 1 atom stereocenters. The number of nitrogens with zero attached hydrogens (tertiary/aromatic N) is 2. The van der Waals surface area contributed by atoms with Crippen molar-refractivity contribution in [3.8, 4) is 5.75 Å². The number of rotatable bonds is 4. The van der Waals surface area contributed by atoms with Gasteiger partial charge in [0.05, 0.1) is 0 Å². The highest BCUT2D eigenvalue weighted by atomic mass is 19.1. The third-order valence-electron chi connectivity index (χ3n) is 4.54. The highest BCUT2D eigenvalue weighted by molar-refractivity contribution is 5.81. The fraction of sp³-hybridized carbons (Fsp3) is 0.556. The van der Waals surface area contributed by atoms with E-state index in [1.54, 1.807) is 9.80 Å². The average molecular weight is 350 g/mol. The van der Waals surface area contributed by atoms with E-state index in [9.17, 15) is 14.0 Å². The summed E-state index contributed by atoms with van der Waals surface area (Å²) in [7, 11) is 0. The first kappa shape index (κ1) is 17.7. The van der Waals surface area contributed by atoms with Gasteiger partial charge in [-0.05, 0) is 43.5 Å². The van der Waals surface area contributed by atoms with E-state index in [0.717, 1.165) is 19.3 Å². The first-order valence-corrected chi connectivity index (χ1v) is 8.70. The molecule has 2 aliphatic rings. The van der Waals surface area contributed by atoms with Crippen molar-refractivity contribution in [3.05, 3.63) is 30.1 Å². The Hall–Kier alpha value is -2.15. The molecule has 136 valence electrons. The predicted molar refractivity (Wildman–Crippen MR) is 88.6 cm³/mol. The van der Waals surface area contributed by atoms with E-state index in [4.69, 9.17) is 9.47 Å². The first-order valence-electron chi connectivity index (χ1n) is 8.70. The molecule has 1 aromatic carbocycles. The second-order valence-corrected chi connectivity index (χ2v) is 6.30. The quantitative estimate of drug-likeness (QED) is 0.825. The minimum absolute atomic E-state index is 0.0364. The number of hydrogen-bond acceptors (Lipinski definition) is 4. The molecule has 0 aliphatic carbocycles. The van der Waals surface area contributed by atoms with Crippen LogP contribution in [-0.4, -0.2) is 67.1 Å². The predicted octanol–water partition coefficient (Wildman–Crippen LogP) is 1.44. The van der Waals surface area contributed by atoms with Gasteiger partial charge in [0.25, 0.3) is 11.8 Å². The van der Waals surface area contributed by atoms with E-state index in [1.807, 2.05) is 0 Å². The monoisotopic (exact) mass is 350 g/mol. The SMILES string of the molecule is O=C(COc1ccc(F)cc1)N1CCCN(C(=O)C2CCCO2)CC1. The number of benzene rings is 1. The zero-order valence-electron chi connectivity index (χ0n) is 14.2. The van der Waals surface area contributed by atoms with Gasteiger partial charge in [-0.3, -0.25) is 9.59 Å². The summed E-state index contributed by atoms with van der Waals surface area (Å²) < 4.78 is 23.7. The van der Waals surface area contributed by atoms with Crippen LogP contribution in [0.3, 0.4) is 0 Å². The molecule has 1 unspecified atom stereocenters. The Balaban J connectivity index is 1.47. The molecule has 0 saturated carbocycles. The molecule has 7 heteroatoms. The second-order valence-electron chi connectivity index (χ2n) is 6.30. The summed E-state index contributed by atoms with van der Waals surface area (Å²) in [5.41, 5.74) is 0. The zero-order chi connectivity index (χ0) is 17.6. The lowest BCUT2D eigenvalue weighted by Gasteiger charge is -2.24. The number of carbonyl (C=O) groups excluding carboxylic acids is 2. The van der Waals surface area contributed by atoms with Gasteiger partial charge in [-0.1, -0.05) is 0 Å². The molecule has 6 nitrogen and oxygen atoms in total. The Morgan fingerprint density at radius 2 is 1.80 bits per heavy atom. The third-order valence-corrected chi connectivity index (χ3v) is 4.54. The maximum atomic E-state index is 12.9. The smallest absolute Gasteiger partial charge is 0.260 e. The van der Waals surface area contributed by atoms with Crippen LogP contribution in [0.15, 0.2) is 24.3 Å². The van der Waals surface area contributed by atoms with Gasteiger partial charge in [0.2, 0.25) is 0 Å². The summed E-state index contributed by atoms with van der Waals surface area (Å²) >= 11 is 0. The van der Waals surface area contributed by atoms with Crippen LogP contribution in [0.2, 0.25) is 0 Å². The second kappa shape index (κ2) is 8.29. The number of halogens is 1. The zero-order valence-corrected chi connectivity index (χ0v) is 14.2. The van der Waals surface area contributed by atoms with Crippen LogP contribution in [0.5, 0.6) is 5.75 Å². The Morgan fingerprint density at radius 1 is 1.08 bits per heavy atom. The molecule has 3 rings (SSSR count). The topological polar surface area (TPSA) is 59.1 Å². The van der Waals surface area contributed by atoms with Crippen LogP contribution in [-0.2, 0) is 14.3 Å². The molecule has 0 spiro atoms. The number of ether oxygens (including phenoxy) is 2. The summed E-state index contributed by atoms with van der Waals surface area (Å²) in [5, 5.41) is 0. The minimum atomic E-state index is -0.345. The molecule has 1 aromatic rings. The van der Waals surface area contributed by atoms with Gasteiger partial charge in [0.15, 0.2) is 6.61 Å². The van der Waals surface area contributed by atoms with Gasteiger partial charge in [0, 0.05) is 32.8 Å². The Kier molecular flexibility index (Phi) is 5.86. The maximum Gasteiger partial charge on any atom is 0.260 e. The fourth-order valence-corrected chi connectivity index (χ4v) is 3.13. The maximum absolute atomic E-state index is 12.9. The van der Waals surface area contributed by atoms with Crippen molar-refractivity contribution in [2.75, 3.05) is 39.4 Å². The Bertz CT molecular complexity index is 602. The lowest BCUT2D eigenvalue weighted by Crippen LogP contribution is -2.42. The van der Waals surface area contributed by atoms with Gasteiger partial charge in [-0.15, -0.1) is 0 Å². The fourth-order valence-electron chi connectivity index (χ4n) is 3.13. The van der Waals surface area contributed by atoms with Crippen molar-refractivity contribution in [2.24, 2.45) is 0 Å². The van der Waals surface area contributed by atoms with E-state index in [2.05, 4.69) is 0 Å². The van der Waals surface area contributed by atoms with Crippen molar-refractivity contribution < 1.29 is 23.5 Å².